The molecule has 7 nitrogen and oxygen atoms in total. The van der Waals surface area contributed by atoms with Crippen LogP contribution in [0.15, 0.2) is 73.9 Å². The molecule has 0 fully saturated rings. The number of ether oxygens (including phenoxy) is 5. The minimum absolute atomic E-state index is 0.118. The Morgan fingerprint density at radius 1 is 1.00 bits per heavy atom. The Balaban J connectivity index is 2.21. The molecule has 0 saturated carbocycles. The lowest BCUT2D eigenvalue weighted by Crippen LogP contribution is -2.18. The van der Waals surface area contributed by atoms with Crippen LogP contribution >= 0.6 is 0 Å². The lowest BCUT2D eigenvalue weighted by molar-refractivity contribution is -0.274. The zero-order valence-electron chi connectivity index (χ0n) is 19.5. The van der Waals surface area contributed by atoms with Gasteiger partial charge in [-0.2, -0.15) is 0 Å². The van der Waals surface area contributed by atoms with Gasteiger partial charge in [0.05, 0.1) is 13.5 Å². The molecule has 0 amide bonds. The van der Waals surface area contributed by atoms with E-state index in [1.807, 2.05) is 0 Å². The van der Waals surface area contributed by atoms with E-state index in [2.05, 4.69) is 22.6 Å². The van der Waals surface area contributed by atoms with Gasteiger partial charge in [0, 0.05) is 6.08 Å². The molecule has 36 heavy (non-hydrogen) atoms. The second-order valence-corrected chi connectivity index (χ2v) is 7.06. The fourth-order valence-corrected chi connectivity index (χ4v) is 2.88. The van der Waals surface area contributed by atoms with E-state index in [9.17, 15) is 22.8 Å². The summed E-state index contributed by atoms with van der Waals surface area (Å²) in [6.07, 6.45) is -0.843. The number of carbonyl (C=O) groups excluding carboxylic acids is 2. The first kappa shape index (κ1) is 28.0. The van der Waals surface area contributed by atoms with Crippen LogP contribution in [0.1, 0.15) is 23.7 Å². The van der Waals surface area contributed by atoms with E-state index in [1.165, 1.54) is 18.2 Å². The Labute approximate surface area is 206 Å². The average molecular weight is 506 g/mol. The summed E-state index contributed by atoms with van der Waals surface area (Å²) in [6.45, 7) is 7.69. The van der Waals surface area contributed by atoms with Crippen molar-refractivity contribution in [3.63, 3.8) is 0 Å². The number of hydrogen-bond acceptors (Lipinski definition) is 7. The molecule has 0 aromatic heterocycles. The van der Waals surface area contributed by atoms with Crippen LogP contribution in [-0.4, -0.2) is 38.6 Å². The van der Waals surface area contributed by atoms with Crippen LogP contribution in [0.3, 0.4) is 0 Å². The third-order valence-corrected chi connectivity index (χ3v) is 4.39. The van der Waals surface area contributed by atoms with Crippen LogP contribution in [-0.2, 0) is 19.1 Å². The molecule has 0 saturated heterocycles. The van der Waals surface area contributed by atoms with Crippen LogP contribution in [0, 0.1) is 0 Å². The number of esters is 2. The average Bonchev–Trinajstić information content (AvgIpc) is 2.84. The molecule has 0 aliphatic carbocycles. The molecule has 0 heterocycles. The van der Waals surface area contributed by atoms with E-state index >= 15 is 0 Å². The zero-order valence-corrected chi connectivity index (χ0v) is 19.5. The molecule has 2 rings (SSSR count). The lowest BCUT2D eigenvalue weighted by Gasteiger charge is -2.18. The fourth-order valence-electron chi connectivity index (χ4n) is 2.88. The second kappa shape index (κ2) is 13.6. The highest BCUT2D eigenvalue weighted by Crippen LogP contribution is 2.30. The van der Waals surface area contributed by atoms with Crippen molar-refractivity contribution in [2.75, 3.05) is 20.3 Å². The van der Waals surface area contributed by atoms with Gasteiger partial charge in [0.2, 0.25) is 0 Å². The Morgan fingerprint density at radius 3 is 2.33 bits per heavy atom. The van der Waals surface area contributed by atoms with E-state index in [0.29, 0.717) is 17.1 Å². The third-order valence-electron chi connectivity index (χ3n) is 4.39. The Bertz CT molecular complexity index is 1090. The maximum atomic E-state index is 12.6. The molecule has 0 aliphatic heterocycles. The standard InChI is InChI=1S/C26H25F3O7/c1-4-13-33-21-11-9-18(15-23(21)34-14-5-2)10-12-24(30)35-22(17-25(31)32-3)19-7-6-8-20(16-19)36-26(27,28)29/h4-12,15-16,22H,1-2,13-14,17H2,3H3/b12-10+. The Hall–Kier alpha value is -4.21. The van der Waals surface area contributed by atoms with Crippen LogP contribution in [0.5, 0.6) is 17.2 Å². The Kier molecular flexibility index (Phi) is 10.6. The summed E-state index contributed by atoms with van der Waals surface area (Å²) < 4.78 is 62.7. The van der Waals surface area contributed by atoms with Gasteiger partial charge in [-0.05, 0) is 41.5 Å². The first-order chi connectivity index (χ1) is 17.1. The highest BCUT2D eigenvalue weighted by atomic mass is 19.4. The number of methoxy groups -OCH3 is 1. The molecule has 1 atom stereocenters. The summed E-state index contributed by atoms with van der Waals surface area (Å²) in [7, 11) is 1.14. The molecule has 0 spiro atoms. The van der Waals surface area contributed by atoms with Gasteiger partial charge in [-0.15, -0.1) is 13.2 Å². The third kappa shape index (κ3) is 9.57. The van der Waals surface area contributed by atoms with E-state index in [0.717, 1.165) is 25.3 Å². The predicted molar refractivity (Wildman–Crippen MR) is 125 cm³/mol. The van der Waals surface area contributed by atoms with Crippen LogP contribution in [0.4, 0.5) is 13.2 Å². The van der Waals surface area contributed by atoms with Gasteiger partial charge in [-0.25, -0.2) is 4.79 Å². The van der Waals surface area contributed by atoms with Gasteiger partial charge in [-0.3, -0.25) is 4.79 Å². The number of rotatable bonds is 13. The number of alkyl halides is 3. The molecular weight excluding hydrogens is 481 g/mol. The SMILES string of the molecule is C=CCOc1ccc(/C=C/C(=O)OC(CC(=O)OC)c2cccc(OC(F)(F)F)c2)cc1OCC=C. The molecule has 0 bridgehead atoms. The number of carbonyl (C=O) groups is 2. The van der Waals surface area contributed by atoms with Crippen molar-refractivity contribution in [2.45, 2.75) is 18.9 Å². The topological polar surface area (TPSA) is 80.3 Å². The van der Waals surface area contributed by atoms with Crippen molar-refractivity contribution in [2.24, 2.45) is 0 Å². The van der Waals surface area contributed by atoms with E-state index in [1.54, 1.807) is 30.4 Å². The van der Waals surface area contributed by atoms with Crippen molar-refractivity contribution >= 4 is 18.0 Å². The molecule has 2 aromatic rings. The smallest absolute Gasteiger partial charge is 0.486 e. The normalized spacial score (nSPS) is 11.9. The van der Waals surface area contributed by atoms with E-state index in [4.69, 9.17) is 14.2 Å². The summed E-state index contributed by atoms with van der Waals surface area (Å²) in [6, 6.07) is 9.76. The predicted octanol–water partition coefficient (Wildman–Crippen LogP) is 5.58. The summed E-state index contributed by atoms with van der Waals surface area (Å²) in [5, 5.41) is 0. The van der Waals surface area contributed by atoms with Crippen molar-refractivity contribution in [1.29, 1.82) is 0 Å². The summed E-state index contributed by atoms with van der Waals surface area (Å²) >= 11 is 0. The monoisotopic (exact) mass is 506 g/mol. The minimum Gasteiger partial charge on any atom is -0.486 e. The molecule has 0 radical (unpaired) electrons. The maximum absolute atomic E-state index is 12.6. The molecule has 192 valence electrons. The second-order valence-electron chi connectivity index (χ2n) is 7.06. The molecule has 2 aromatic carbocycles. The van der Waals surface area contributed by atoms with Gasteiger partial charge in [0.15, 0.2) is 11.5 Å². The fraction of sp³-hybridized carbons (Fsp3) is 0.231. The first-order valence-corrected chi connectivity index (χ1v) is 10.6. The summed E-state index contributed by atoms with van der Waals surface area (Å²) in [4.78, 5) is 24.3. The zero-order chi connectivity index (χ0) is 26.6. The maximum Gasteiger partial charge on any atom is 0.573 e. The van der Waals surface area contributed by atoms with Crippen molar-refractivity contribution < 1.29 is 46.4 Å². The van der Waals surface area contributed by atoms with Crippen molar-refractivity contribution in [3.8, 4) is 17.2 Å². The largest absolute Gasteiger partial charge is 0.573 e. The highest BCUT2D eigenvalue weighted by Gasteiger charge is 2.31. The number of halogens is 3. The van der Waals surface area contributed by atoms with Crippen molar-refractivity contribution in [3.05, 3.63) is 85.0 Å². The molecule has 0 N–H and O–H groups in total. The number of benzene rings is 2. The minimum atomic E-state index is -4.91. The van der Waals surface area contributed by atoms with Crippen LogP contribution in [0.25, 0.3) is 6.08 Å². The van der Waals surface area contributed by atoms with Gasteiger partial charge >= 0.3 is 18.3 Å². The van der Waals surface area contributed by atoms with Gasteiger partial charge in [0.25, 0.3) is 0 Å². The van der Waals surface area contributed by atoms with Crippen molar-refractivity contribution in [1.82, 2.24) is 0 Å². The quantitative estimate of drug-likeness (QED) is 0.199. The Morgan fingerprint density at radius 2 is 1.69 bits per heavy atom. The molecule has 10 heteroatoms. The van der Waals surface area contributed by atoms with Gasteiger partial charge in [0.1, 0.15) is 25.1 Å². The van der Waals surface area contributed by atoms with Crippen LogP contribution < -0.4 is 14.2 Å². The van der Waals surface area contributed by atoms with E-state index < -0.39 is 36.6 Å². The number of hydrogen-bond donors (Lipinski definition) is 0. The highest BCUT2D eigenvalue weighted by molar-refractivity contribution is 5.87. The summed E-state index contributed by atoms with van der Waals surface area (Å²) in [5.74, 6) is -1.20. The van der Waals surface area contributed by atoms with E-state index in [-0.39, 0.29) is 18.8 Å². The molecule has 1 unspecified atom stereocenters. The molecular formula is C26H25F3O7. The van der Waals surface area contributed by atoms with Crippen LogP contribution in [0.2, 0.25) is 0 Å². The van der Waals surface area contributed by atoms with Gasteiger partial charge < -0.3 is 23.7 Å². The summed E-state index contributed by atoms with van der Waals surface area (Å²) in [5.41, 5.74) is 0.690. The lowest BCUT2D eigenvalue weighted by atomic mass is 10.1. The first-order valence-electron chi connectivity index (χ1n) is 10.6. The van der Waals surface area contributed by atoms with Gasteiger partial charge in [-0.1, -0.05) is 43.5 Å². The molecule has 0 aliphatic rings.